The molecule has 0 aliphatic carbocycles. The molecule has 0 unspecified atom stereocenters. The number of hydrogen-bond acceptors (Lipinski definition) is 0. The van der Waals surface area contributed by atoms with E-state index in [9.17, 15) is 4.39 Å². The quantitative estimate of drug-likeness (QED) is 0.644. The third-order valence-electron chi connectivity index (χ3n) is 2.12. The van der Waals surface area contributed by atoms with Gasteiger partial charge in [-0.15, -0.1) is 0 Å². The number of rotatable bonds is 1. The van der Waals surface area contributed by atoms with Crippen LogP contribution < -0.4 is 0 Å². The average molecular weight is 330 g/mol. The number of halogens is 3. The Morgan fingerprint density at radius 2 is 1.53 bits per heavy atom. The molecule has 0 saturated heterocycles. The maximum atomic E-state index is 13.9. The molecule has 0 aromatic heterocycles. The smallest absolute Gasteiger partial charge is 0.146 e. The van der Waals surface area contributed by atoms with Gasteiger partial charge in [0.25, 0.3) is 0 Å². The van der Waals surface area contributed by atoms with Crippen molar-refractivity contribution in [2.75, 3.05) is 0 Å². The van der Waals surface area contributed by atoms with Crippen LogP contribution in [0.2, 0.25) is 0 Å². The molecule has 0 heterocycles. The van der Waals surface area contributed by atoms with Gasteiger partial charge in [-0.2, -0.15) is 0 Å². The molecule has 0 atom stereocenters. The molecular weight excluding hydrogens is 323 g/mol. The van der Waals surface area contributed by atoms with Crippen LogP contribution in [0.5, 0.6) is 0 Å². The lowest BCUT2D eigenvalue weighted by atomic mass is 10.1. The molecule has 0 nitrogen and oxygen atoms in total. The van der Waals surface area contributed by atoms with Crippen LogP contribution in [0.1, 0.15) is 0 Å². The van der Waals surface area contributed by atoms with E-state index in [1.54, 1.807) is 6.07 Å². The molecule has 0 radical (unpaired) electrons. The van der Waals surface area contributed by atoms with Crippen molar-refractivity contribution in [3.8, 4) is 11.1 Å². The monoisotopic (exact) mass is 328 g/mol. The summed E-state index contributed by atoms with van der Waals surface area (Å²) >= 11 is 6.47. The van der Waals surface area contributed by atoms with Crippen molar-refractivity contribution in [3.63, 3.8) is 0 Å². The zero-order valence-electron chi connectivity index (χ0n) is 7.68. The maximum Gasteiger partial charge on any atom is 0.146 e. The third kappa shape index (κ3) is 2.13. The Kier molecular flexibility index (Phi) is 3.22. The van der Waals surface area contributed by atoms with Crippen LogP contribution in [0.3, 0.4) is 0 Å². The van der Waals surface area contributed by atoms with E-state index in [-0.39, 0.29) is 5.82 Å². The zero-order valence-corrected chi connectivity index (χ0v) is 10.8. The van der Waals surface area contributed by atoms with Crippen LogP contribution in [0.25, 0.3) is 11.1 Å². The van der Waals surface area contributed by atoms with E-state index in [0.717, 1.165) is 10.0 Å². The highest BCUT2D eigenvalue weighted by atomic mass is 79.9. The van der Waals surface area contributed by atoms with Gasteiger partial charge in [0.05, 0.1) is 4.47 Å². The van der Waals surface area contributed by atoms with Crippen LogP contribution in [-0.2, 0) is 0 Å². The standard InChI is InChI=1S/C12H7Br2F/c13-10-7-6-9(12(15)11(10)14)8-4-2-1-3-5-8/h1-7H. The highest BCUT2D eigenvalue weighted by Crippen LogP contribution is 2.32. The van der Waals surface area contributed by atoms with E-state index in [1.807, 2.05) is 36.4 Å². The molecule has 3 heteroatoms. The molecule has 15 heavy (non-hydrogen) atoms. The van der Waals surface area contributed by atoms with E-state index >= 15 is 0 Å². The summed E-state index contributed by atoms with van der Waals surface area (Å²) in [5.74, 6) is -0.240. The fourth-order valence-electron chi connectivity index (χ4n) is 1.37. The summed E-state index contributed by atoms with van der Waals surface area (Å²) < 4.78 is 15.1. The number of hydrogen-bond donors (Lipinski definition) is 0. The van der Waals surface area contributed by atoms with Gasteiger partial charge in [-0.3, -0.25) is 0 Å². The van der Waals surface area contributed by atoms with Gasteiger partial charge < -0.3 is 0 Å². The van der Waals surface area contributed by atoms with Gasteiger partial charge in [-0.1, -0.05) is 36.4 Å². The first-order valence-corrected chi connectivity index (χ1v) is 5.97. The molecule has 2 rings (SSSR count). The van der Waals surface area contributed by atoms with Crippen molar-refractivity contribution in [1.29, 1.82) is 0 Å². The lowest BCUT2D eigenvalue weighted by molar-refractivity contribution is 0.623. The first-order valence-electron chi connectivity index (χ1n) is 4.39. The van der Waals surface area contributed by atoms with Gasteiger partial charge >= 0.3 is 0 Å². The largest absolute Gasteiger partial charge is 0.205 e. The van der Waals surface area contributed by atoms with E-state index in [0.29, 0.717) is 10.0 Å². The molecule has 0 amide bonds. The molecule has 0 aliphatic heterocycles. The minimum Gasteiger partial charge on any atom is -0.205 e. The van der Waals surface area contributed by atoms with Crippen LogP contribution in [0, 0.1) is 5.82 Å². The van der Waals surface area contributed by atoms with Gasteiger partial charge in [0.2, 0.25) is 0 Å². The van der Waals surface area contributed by atoms with E-state index in [4.69, 9.17) is 0 Å². The Morgan fingerprint density at radius 3 is 2.20 bits per heavy atom. The molecule has 0 spiro atoms. The second-order valence-corrected chi connectivity index (χ2v) is 4.74. The lowest BCUT2D eigenvalue weighted by Gasteiger charge is -2.06. The Hall–Kier alpha value is -0.670. The van der Waals surface area contributed by atoms with E-state index < -0.39 is 0 Å². The maximum absolute atomic E-state index is 13.9. The predicted octanol–water partition coefficient (Wildman–Crippen LogP) is 5.02. The Bertz CT molecular complexity index is 480. The summed E-state index contributed by atoms with van der Waals surface area (Å²) in [4.78, 5) is 0. The van der Waals surface area contributed by atoms with Crippen molar-refractivity contribution in [2.24, 2.45) is 0 Å². The fourth-order valence-corrected chi connectivity index (χ4v) is 2.02. The van der Waals surface area contributed by atoms with Crippen molar-refractivity contribution >= 4 is 31.9 Å². The minimum absolute atomic E-state index is 0.240. The van der Waals surface area contributed by atoms with Crippen LogP contribution in [0.15, 0.2) is 51.4 Å². The molecule has 0 fully saturated rings. The summed E-state index contributed by atoms with van der Waals surface area (Å²) in [7, 11) is 0. The number of benzene rings is 2. The van der Waals surface area contributed by atoms with Gasteiger partial charge in [0, 0.05) is 10.0 Å². The summed E-state index contributed by atoms with van der Waals surface area (Å²) in [5.41, 5.74) is 1.48. The summed E-state index contributed by atoms with van der Waals surface area (Å²) in [5, 5.41) is 0. The van der Waals surface area contributed by atoms with Crippen molar-refractivity contribution in [1.82, 2.24) is 0 Å². The summed E-state index contributed by atoms with van der Waals surface area (Å²) in [6.07, 6.45) is 0. The predicted molar refractivity (Wildman–Crippen MR) is 67.2 cm³/mol. The first-order chi connectivity index (χ1) is 7.20. The zero-order chi connectivity index (χ0) is 10.8. The normalized spacial score (nSPS) is 10.3. The molecule has 0 saturated carbocycles. The Balaban J connectivity index is 2.60. The third-order valence-corrected chi connectivity index (χ3v) is 4.09. The molecule has 0 aliphatic rings. The fraction of sp³-hybridized carbons (Fsp3) is 0. The Morgan fingerprint density at radius 1 is 0.867 bits per heavy atom. The highest BCUT2D eigenvalue weighted by molar-refractivity contribution is 9.13. The highest BCUT2D eigenvalue weighted by Gasteiger charge is 2.10. The molecule has 2 aromatic carbocycles. The van der Waals surface area contributed by atoms with Crippen molar-refractivity contribution in [2.45, 2.75) is 0 Å². The summed E-state index contributed by atoms with van der Waals surface area (Å²) in [6.45, 7) is 0. The molecule has 0 N–H and O–H groups in total. The molecule has 2 aromatic rings. The van der Waals surface area contributed by atoms with Gasteiger partial charge in [-0.25, -0.2) is 4.39 Å². The molecule has 76 valence electrons. The van der Waals surface area contributed by atoms with E-state index in [2.05, 4.69) is 31.9 Å². The van der Waals surface area contributed by atoms with Crippen LogP contribution in [-0.4, -0.2) is 0 Å². The molecule has 0 bridgehead atoms. The van der Waals surface area contributed by atoms with Gasteiger partial charge in [0.15, 0.2) is 0 Å². The topological polar surface area (TPSA) is 0 Å². The lowest BCUT2D eigenvalue weighted by Crippen LogP contribution is -1.86. The average Bonchev–Trinajstić information content (AvgIpc) is 2.27. The van der Waals surface area contributed by atoms with Gasteiger partial charge in [-0.05, 0) is 43.5 Å². The minimum atomic E-state index is -0.240. The van der Waals surface area contributed by atoms with Crippen LogP contribution >= 0.6 is 31.9 Å². The molecular formula is C12H7Br2F. The Labute approximate surface area is 104 Å². The van der Waals surface area contributed by atoms with E-state index in [1.165, 1.54) is 0 Å². The second kappa shape index (κ2) is 4.45. The van der Waals surface area contributed by atoms with Crippen LogP contribution in [0.4, 0.5) is 4.39 Å². The summed E-state index contributed by atoms with van der Waals surface area (Å²) in [6, 6.07) is 13.1. The van der Waals surface area contributed by atoms with Crippen molar-refractivity contribution < 1.29 is 4.39 Å². The van der Waals surface area contributed by atoms with Gasteiger partial charge in [0.1, 0.15) is 5.82 Å². The van der Waals surface area contributed by atoms with Crippen molar-refractivity contribution in [3.05, 3.63) is 57.2 Å². The first kappa shape index (κ1) is 10.8. The second-order valence-electron chi connectivity index (χ2n) is 3.09. The SMILES string of the molecule is Fc1c(-c2ccccc2)ccc(Br)c1Br.